The van der Waals surface area contributed by atoms with Crippen molar-refractivity contribution in [3.8, 4) is 5.69 Å². The number of aromatic nitrogens is 1. The maximum absolute atomic E-state index is 2.47. The summed E-state index contributed by atoms with van der Waals surface area (Å²) in [6, 6.07) is 33.4. The summed E-state index contributed by atoms with van der Waals surface area (Å²) in [5.74, 6) is 0. The lowest BCUT2D eigenvalue weighted by Gasteiger charge is -2.27. The van der Waals surface area contributed by atoms with Gasteiger partial charge in [-0.1, -0.05) is 84.3 Å². The molecule has 1 aromatic heterocycles. The minimum atomic E-state index is 0.266. The van der Waals surface area contributed by atoms with E-state index in [9.17, 15) is 0 Å². The minimum Gasteiger partial charge on any atom is -0.310 e. The van der Waals surface area contributed by atoms with Crippen LogP contribution in [-0.2, 0) is 0 Å². The molecule has 0 N–H and O–H groups in total. The average Bonchev–Trinajstić information content (AvgIpc) is 3.06. The van der Waals surface area contributed by atoms with Crippen molar-refractivity contribution in [2.75, 3.05) is 0 Å². The second-order valence-electron chi connectivity index (χ2n) is 7.50. The monoisotopic (exact) mass is 343 g/mol. The Hall–Kier alpha value is -3.26. The third-order valence-corrected chi connectivity index (χ3v) is 5.91. The van der Waals surface area contributed by atoms with Gasteiger partial charge in [0.2, 0.25) is 6.71 Å². The van der Waals surface area contributed by atoms with E-state index in [1.165, 1.54) is 49.4 Å². The van der Waals surface area contributed by atoms with Gasteiger partial charge < -0.3 is 4.57 Å². The van der Waals surface area contributed by atoms with Crippen molar-refractivity contribution in [1.82, 2.24) is 4.57 Å². The fourth-order valence-electron chi connectivity index (χ4n) is 4.79. The van der Waals surface area contributed by atoms with E-state index in [0.717, 1.165) is 0 Å². The van der Waals surface area contributed by atoms with Crippen LogP contribution in [0.2, 0.25) is 0 Å². The number of rotatable bonds is 1. The molecule has 0 saturated carbocycles. The largest absolute Gasteiger partial charge is 0.310 e. The molecular formula is C25H18BN. The first-order valence-electron chi connectivity index (χ1n) is 9.51. The van der Waals surface area contributed by atoms with E-state index in [-0.39, 0.29) is 6.71 Å². The van der Waals surface area contributed by atoms with Crippen LogP contribution in [0.1, 0.15) is 5.56 Å². The molecule has 6 rings (SSSR count). The van der Waals surface area contributed by atoms with E-state index in [1.54, 1.807) is 0 Å². The Labute approximate surface area is 159 Å². The van der Waals surface area contributed by atoms with Crippen molar-refractivity contribution in [2.24, 2.45) is 0 Å². The van der Waals surface area contributed by atoms with E-state index in [2.05, 4.69) is 102 Å². The first-order valence-corrected chi connectivity index (χ1v) is 9.51. The predicted octanol–water partition coefficient (Wildman–Crippen LogP) is 3.92. The molecule has 27 heavy (non-hydrogen) atoms. The quantitative estimate of drug-likeness (QED) is 0.399. The van der Waals surface area contributed by atoms with E-state index in [4.69, 9.17) is 0 Å². The van der Waals surface area contributed by atoms with Crippen LogP contribution >= 0.6 is 0 Å². The molecule has 5 aromatic rings. The molecule has 0 spiro atoms. The lowest BCUT2D eigenvalue weighted by atomic mass is 9.35. The summed E-state index contributed by atoms with van der Waals surface area (Å²) in [5.41, 5.74) is 9.38. The van der Waals surface area contributed by atoms with Gasteiger partial charge in [-0.3, -0.25) is 0 Å². The summed E-state index contributed by atoms with van der Waals surface area (Å²) in [5, 5.41) is 2.67. The van der Waals surface area contributed by atoms with Gasteiger partial charge in [0.1, 0.15) is 0 Å². The van der Waals surface area contributed by atoms with Crippen LogP contribution < -0.4 is 16.4 Å². The number of benzene rings is 4. The van der Waals surface area contributed by atoms with Crippen molar-refractivity contribution in [3.63, 3.8) is 0 Å². The zero-order chi connectivity index (χ0) is 18.0. The number of aryl methyl sites for hydroxylation is 1. The zero-order valence-electron chi connectivity index (χ0n) is 15.2. The van der Waals surface area contributed by atoms with Crippen molar-refractivity contribution in [3.05, 3.63) is 96.6 Å². The van der Waals surface area contributed by atoms with Crippen LogP contribution in [-0.4, -0.2) is 11.3 Å². The van der Waals surface area contributed by atoms with Crippen LogP contribution in [0.5, 0.6) is 0 Å². The maximum atomic E-state index is 2.47. The minimum absolute atomic E-state index is 0.266. The topological polar surface area (TPSA) is 4.93 Å². The lowest BCUT2D eigenvalue weighted by Crippen LogP contribution is -2.55. The average molecular weight is 343 g/mol. The van der Waals surface area contributed by atoms with E-state index >= 15 is 0 Å². The molecule has 1 aliphatic heterocycles. The molecule has 0 saturated heterocycles. The van der Waals surface area contributed by atoms with Gasteiger partial charge in [0.15, 0.2) is 0 Å². The highest BCUT2D eigenvalue weighted by atomic mass is 15.0. The third-order valence-electron chi connectivity index (χ3n) is 5.91. The fraction of sp³-hybridized carbons (Fsp3) is 0.0400. The molecule has 2 heterocycles. The molecule has 4 aromatic carbocycles. The van der Waals surface area contributed by atoms with E-state index in [0.29, 0.717) is 0 Å². The molecule has 0 aliphatic carbocycles. The normalized spacial score (nSPS) is 12.6. The first-order chi connectivity index (χ1) is 13.3. The third kappa shape index (κ3) is 1.96. The Balaban J connectivity index is 1.85. The van der Waals surface area contributed by atoms with Gasteiger partial charge >= 0.3 is 0 Å². The predicted molar refractivity (Wildman–Crippen MR) is 117 cm³/mol. The summed E-state index contributed by atoms with van der Waals surface area (Å²) < 4.78 is 2.47. The molecule has 0 unspecified atom stereocenters. The van der Waals surface area contributed by atoms with Crippen LogP contribution in [0.4, 0.5) is 0 Å². The summed E-state index contributed by atoms with van der Waals surface area (Å²) in [7, 11) is 0. The Morgan fingerprint density at radius 3 is 2.33 bits per heavy atom. The van der Waals surface area contributed by atoms with Gasteiger partial charge in [-0.05, 0) is 35.5 Å². The fourth-order valence-corrected chi connectivity index (χ4v) is 4.79. The van der Waals surface area contributed by atoms with Gasteiger partial charge in [0, 0.05) is 22.0 Å². The molecule has 0 fully saturated rings. The lowest BCUT2D eigenvalue weighted by molar-refractivity contribution is 1.18. The number of hydrogen-bond acceptors (Lipinski definition) is 0. The smallest absolute Gasteiger partial charge is 0.246 e. The molecule has 0 amide bonds. The second-order valence-corrected chi connectivity index (χ2v) is 7.50. The van der Waals surface area contributed by atoms with Gasteiger partial charge in [-0.25, -0.2) is 0 Å². The molecule has 0 radical (unpaired) electrons. The Kier molecular flexibility index (Phi) is 2.96. The molecule has 1 aliphatic rings. The summed E-state index contributed by atoms with van der Waals surface area (Å²) in [4.78, 5) is 0. The Bertz CT molecular complexity index is 1330. The van der Waals surface area contributed by atoms with Crippen molar-refractivity contribution < 1.29 is 0 Å². The maximum Gasteiger partial charge on any atom is 0.246 e. The Morgan fingerprint density at radius 1 is 0.667 bits per heavy atom. The SMILES string of the molecule is Cc1ccc2c(c1)-n1c3ccccc3c3cccc(c31)B2c1ccccc1. The summed E-state index contributed by atoms with van der Waals surface area (Å²) in [6.07, 6.45) is 0. The number of fused-ring (bicyclic) bond motifs is 5. The van der Waals surface area contributed by atoms with E-state index in [1.807, 2.05) is 0 Å². The van der Waals surface area contributed by atoms with Crippen LogP contribution in [0.25, 0.3) is 27.5 Å². The molecule has 2 heteroatoms. The van der Waals surface area contributed by atoms with Crippen LogP contribution in [0.3, 0.4) is 0 Å². The standard InChI is InChI=1S/C25H18BN/c1-17-14-15-21-24(16-17)27-23-13-6-5-10-19(23)20-11-7-12-22(25(20)27)26(21)18-8-3-2-4-9-18/h2-16H,1H3. The van der Waals surface area contributed by atoms with E-state index < -0.39 is 0 Å². The first kappa shape index (κ1) is 14.9. The summed E-state index contributed by atoms with van der Waals surface area (Å²) >= 11 is 0. The highest BCUT2D eigenvalue weighted by molar-refractivity contribution is 6.98. The molecule has 1 nitrogen and oxygen atoms in total. The Morgan fingerprint density at radius 2 is 1.44 bits per heavy atom. The zero-order valence-corrected chi connectivity index (χ0v) is 15.2. The summed E-state index contributed by atoms with van der Waals surface area (Å²) in [6.45, 7) is 2.45. The molecular weight excluding hydrogens is 325 g/mol. The van der Waals surface area contributed by atoms with Crippen LogP contribution in [0.15, 0.2) is 91.0 Å². The number of hydrogen-bond donors (Lipinski definition) is 0. The van der Waals surface area contributed by atoms with Gasteiger partial charge in [-0.15, -0.1) is 0 Å². The molecule has 0 atom stereocenters. The van der Waals surface area contributed by atoms with Crippen LogP contribution in [0, 0.1) is 6.92 Å². The van der Waals surface area contributed by atoms with Crippen molar-refractivity contribution >= 4 is 44.9 Å². The molecule has 126 valence electrons. The van der Waals surface area contributed by atoms with Gasteiger partial charge in [-0.2, -0.15) is 0 Å². The van der Waals surface area contributed by atoms with Crippen molar-refractivity contribution in [2.45, 2.75) is 6.92 Å². The number of para-hydroxylation sites is 2. The van der Waals surface area contributed by atoms with Gasteiger partial charge in [0.25, 0.3) is 0 Å². The number of nitrogens with zero attached hydrogens (tertiary/aromatic N) is 1. The molecule has 0 bridgehead atoms. The van der Waals surface area contributed by atoms with Gasteiger partial charge in [0.05, 0.1) is 5.52 Å². The van der Waals surface area contributed by atoms with Crippen molar-refractivity contribution in [1.29, 1.82) is 0 Å². The highest BCUT2D eigenvalue weighted by Crippen LogP contribution is 2.33. The second kappa shape index (κ2) is 5.37. The highest BCUT2D eigenvalue weighted by Gasteiger charge is 2.32.